The van der Waals surface area contributed by atoms with Gasteiger partial charge in [-0.3, -0.25) is 4.79 Å². The van der Waals surface area contributed by atoms with E-state index in [1.54, 1.807) is 23.7 Å². The highest BCUT2D eigenvalue weighted by molar-refractivity contribution is 7.09. The Hall–Kier alpha value is -3.45. The molecule has 0 aromatic carbocycles. The molecular formula is C21H22F3N5O4S. The maximum Gasteiger partial charge on any atom is 0.490 e. The second-order valence-electron chi connectivity index (χ2n) is 7.16. The summed E-state index contributed by atoms with van der Waals surface area (Å²) in [6.07, 6.45) is 0.452. The Morgan fingerprint density at radius 1 is 1.21 bits per heavy atom. The first-order valence-electron chi connectivity index (χ1n) is 10.1. The lowest BCUT2D eigenvalue weighted by Gasteiger charge is -2.26. The van der Waals surface area contributed by atoms with Gasteiger partial charge in [-0.25, -0.2) is 14.8 Å². The number of aromatic nitrogens is 3. The Morgan fingerprint density at radius 2 is 1.85 bits per heavy atom. The number of aryl methyl sites for hydroxylation is 1. The summed E-state index contributed by atoms with van der Waals surface area (Å²) in [5.41, 5.74) is 2.42. The molecule has 0 radical (unpaired) electrons. The second-order valence-corrected chi connectivity index (χ2v) is 8.19. The number of rotatable bonds is 5. The number of thiophene rings is 1. The summed E-state index contributed by atoms with van der Waals surface area (Å²) in [7, 11) is 1.87. The third-order valence-electron chi connectivity index (χ3n) is 4.75. The highest BCUT2D eigenvalue weighted by Gasteiger charge is 2.38. The first-order valence-corrected chi connectivity index (χ1v) is 11.0. The Morgan fingerprint density at radius 3 is 2.41 bits per heavy atom. The number of nitrogens with zero attached hydrogens (tertiary/aromatic N) is 4. The maximum absolute atomic E-state index is 12.5. The SMILES string of the molecule is Cn1cc(-c2cnc(N3CCOCC3)nc2)cc1C(=O)NCc1cccs1.O=C(O)C(F)(F)F. The van der Waals surface area contributed by atoms with E-state index >= 15 is 0 Å². The van der Waals surface area contributed by atoms with E-state index < -0.39 is 12.1 Å². The minimum atomic E-state index is -5.08. The molecule has 1 amide bonds. The number of amides is 1. The van der Waals surface area contributed by atoms with Crippen molar-refractivity contribution in [2.75, 3.05) is 31.2 Å². The lowest BCUT2D eigenvalue weighted by molar-refractivity contribution is -0.192. The van der Waals surface area contributed by atoms with Crippen LogP contribution >= 0.6 is 11.3 Å². The predicted molar refractivity (Wildman–Crippen MR) is 119 cm³/mol. The summed E-state index contributed by atoms with van der Waals surface area (Å²) in [6, 6.07) is 5.86. The Balaban J connectivity index is 0.000000406. The fourth-order valence-electron chi connectivity index (χ4n) is 3.02. The molecule has 1 aliphatic rings. The first kappa shape index (κ1) is 25.2. The zero-order valence-corrected chi connectivity index (χ0v) is 18.9. The fraction of sp³-hybridized carbons (Fsp3) is 0.333. The molecule has 0 saturated carbocycles. The van der Waals surface area contributed by atoms with Crippen molar-refractivity contribution in [3.8, 4) is 11.1 Å². The Bertz CT molecular complexity index is 1090. The van der Waals surface area contributed by atoms with E-state index in [1.165, 1.54) is 0 Å². The standard InChI is InChI=1S/C19H21N5O2S.C2HF3O2/c1-23-13-14(9-17(23)18(25)20-12-16-3-2-8-27-16)15-10-21-19(22-11-15)24-4-6-26-7-5-24;3-2(4,5)1(6)7/h2-3,8-11,13H,4-7,12H2,1H3,(H,20,25);(H,6,7). The second kappa shape index (κ2) is 11.1. The molecule has 0 aliphatic carbocycles. The maximum atomic E-state index is 12.5. The minimum Gasteiger partial charge on any atom is -0.475 e. The summed E-state index contributed by atoms with van der Waals surface area (Å²) in [5, 5.41) is 12.1. The number of ether oxygens (including phenoxy) is 1. The molecule has 4 rings (SSSR count). The highest BCUT2D eigenvalue weighted by atomic mass is 32.1. The summed E-state index contributed by atoms with van der Waals surface area (Å²) >= 11 is 1.63. The van der Waals surface area contributed by atoms with Crippen LogP contribution in [0.4, 0.5) is 19.1 Å². The lowest BCUT2D eigenvalue weighted by Crippen LogP contribution is -2.37. The van der Waals surface area contributed by atoms with Crippen molar-refractivity contribution in [3.05, 3.63) is 52.7 Å². The van der Waals surface area contributed by atoms with Gasteiger partial charge in [-0.15, -0.1) is 11.3 Å². The third kappa shape index (κ3) is 6.78. The monoisotopic (exact) mass is 497 g/mol. The van der Waals surface area contributed by atoms with E-state index in [0.29, 0.717) is 31.4 Å². The van der Waals surface area contributed by atoms with Crippen molar-refractivity contribution in [2.24, 2.45) is 7.05 Å². The molecule has 0 unspecified atom stereocenters. The van der Waals surface area contributed by atoms with Gasteiger partial charge in [-0.05, 0) is 17.5 Å². The number of nitrogens with one attached hydrogen (secondary N) is 1. The molecular weight excluding hydrogens is 475 g/mol. The molecule has 0 spiro atoms. The van der Waals surface area contributed by atoms with Crippen molar-refractivity contribution >= 4 is 29.2 Å². The average Bonchev–Trinajstić information content (AvgIpc) is 3.48. The van der Waals surface area contributed by atoms with Crippen LogP contribution in [0.3, 0.4) is 0 Å². The third-order valence-corrected chi connectivity index (χ3v) is 5.63. The summed E-state index contributed by atoms with van der Waals surface area (Å²) in [5.74, 6) is -2.14. The van der Waals surface area contributed by atoms with Gasteiger partial charge in [0.25, 0.3) is 5.91 Å². The zero-order valence-electron chi connectivity index (χ0n) is 18.1. The zero-order chi connectivity index (χ0) is 24.7. The number of carbonyl (C=O) groups is 2. The lowest BCUT2D eigenvalue weighted by atomic mass is 10.2. The van der Waals surface area contributed by atoms with Gasteiger partial charge < -0.3 is 24.6 Å². The van der Waals surface area contributed by atoms with Crippen molar-refractivity contribution in [2.45, 2.75) is 12.7 Å². The minimum absolute atomic E-state index is 0.0944. The molecule has 1 fully saturated rings. The van der Waals surface area contributed by atoms with E-state index in [0.717, 1.165) is 29.1 Å². The molecule has 4 heterocycles. The van der Waals surface area contributed by atoms with Crippen LogP contribution < -0.4 is 10.2 Å². The molecule has 3 aromatic heterocycles. The van der Waals surface area contributed by atoms with Crippen LogP contribution in [-0.4, -0.2) is 64.0 Å². The number of aliphatic carboxylic acids is 1. The van der Waals surface area contributed by atoms with Gasteiger partial charge in [0.1, 0.15) is 5.69 Å². The Labute approximate surface area is 196 Å². The average molecular weight is 497 g/mol. The molecule has 3 aromatic rings. The number of anilines is 1. The normalized spacial score (nSPS) is 13.7. The summed E-state index contributed by atoms with van der Waals surface area (Å²) < 4.78 is 38.9. The highest BCUT2D eigenvalue weighted by Crippen LogP contribution is 2.22. The number of carboxylic acids is 1. The number of carboxylic acid groups (broad SMARTS) is 1. The number of morpholine rings is 1. The first-order chi connectivity index (χ1) is 16.1. The van der Waals surface area contributed by atoms with Gasteiger partial charge in [-0.2, -0.15) is 13.2 Å². The van der Waals surface area contributed by atoms with Gasteiger partial charge in [0.05, 0.1) is 19.8 Å². The molecule has 1 aliphatic heterocycles. The largest absolute Gasteiger partial charge is 0.490 e. The van der Waals surface area contributed by atoms with E-state index in [2.05, 4.69) is 20.2 Å². The molecule has 13 heteroatoms. The van der Waals surface area contributed by atoms with Crippen molar-refractivity contribution in [1.29, 1.82) is 0 Å². The molecule has 2 N–H and O–H groups in total. The molecule has 182 valence electrons. The van der Waals surface area contributed by atoms with Crippen molar-refractivity contribution in [3.63, 3.8) is 0 Å². The number of halogens is 3. The summed E-state index contributed by atoms with van der Waals surface area (Å²) in [6.45, 7) is 3.55. The van der Waals surface area contributed by atoms with Gasteiger partial charge in [0.2, 0.25) is 5.95 Å². The molecule has 1 saturated heterocycles. The summed E-state index contributed by atoms with van der Waals surface area (Å²) in [4.78, 5) is 33.6. The van der Waals surface area contributed by atoms with Crippen LogP contribution in [0.25, 0.3) is 11.1 Å². The van der Waals surface area contributed by atoms with Crippen LogP contribution in [-0.2, 0) is 23.1 Å². The van der Waals surface area contributed by atoms with Crippen LogP contribution in [0.1, 0.15) is 15.4 Å². The van der Waals surface area contributed by atoms with Gasteiger partial charge in [-0.1, -0.05) is 6.07 Å². The smallest absolute Gasteiger partial charge is 0.475 e. The fourth-order valence-corrected chi connectivity index (χ4v) is 3.66. The van der Waals surface area contributed by atoms with Crippen LogP contribution in [0.15, 0.2) is 42.2 Å². The van der Waals surface area contributed by atoms with E-state index in [1.807, 2.05) is 41.4 Å². The van der Waals surface area contributed by atoms with E-state index in [-0.39, 0.29) is 5.91 Å². The molecule has 0 bridgehead atoms. The van der Waals surface area contributed by atoms with Crippen molar-refractivity contribution < 1.29 is 32.6 Å². The van der Waals surface area contributed by atoms with Crippen LogP contribution in [0.5, 0.6) is 0 Å². The van der Waals surface area contributed by atoms with Gasteiger partial charge >= 0.3 is 12.1 Å². The number of carbonyl (C=O) groups excluding carboxylic acids is 1. The number of hydrogen-bond donors (Lipinski definition) is 2. The quantitative estimate of drug-likeness (QED) is 0.558. The molecule has 9 nitrogen and oxygen atoms in total. The van der Waals surface area contributed by atoms with Crippen LogP contribution in [0.2, 0.25) is 0 Å². The van der Waals surface area contributed by atoms with Gasteiger partial charge in [0, 0.05) is 54.7 Å². The number of hydrogen-bond acceptors (Lipinski definition) is 7. The van der Waals surface area contributed by atoms with E-state index in [4.69, 9.17) is 14.6 Å². The number of alkyl halides is 3. The molecule has 0 atom stereocenters. The predicted octanol–water partition coefficient (Wildman–Crippen LogP) is 2.94. The van der Waals surface area contributed by atoms with Gasteiger partial charge in [0.15, 0.2) is 0 Å². The van der Waals surface area contributed by atoms with Crippen LogP contribution in [0, 0.1) is 0 Å². The topological polar surface area (TPSA) is 110 Å². The molecule has 34 heavy (non-hydrogen) atoms. The Kier molecular flexibility index (Phi) is 8.23. The van der Waals surface area contributed by atoms with E-state index in [9.17, 15) is 18.0 Å². The van der Waals surface area contributed by atoms with Crippen molar-refractivity contribution in [1.82, 2.24) is 19.9 Å².